The van der Waals surface area contributed by atoms with Gasteiger partial charge in [-0.05, 0) is 55.2 Å². The van der Waals surface area contributed by atoms with Crippen molar-refractivity contribution < 1.29 is 13.6 Å². The molecule has 0 radical (unpaired) electrons. The number of hydrogen-bond acceptors (Lipinski definition) is 4. The highest BCUT2D eigenvalue weighted by Crippen LogP contribution is 2.30. The third-order valence-electron chi connectivity index (χ3n) is 5.30. The Balaban J connectivity index is 1.54. The lowest BCUT2D eigenvalue weighted by Gasteiger charge is -2.32. The Bertz CT molecular complexity index is 1060. The molecule has 0 spiro atoms. The highest BCUT2D eigenvalue weighted by molar-refractivity contribution is 5.73. The zero-order chi connectivity index (χ0) is 21.3. The van der Waals surface area contributed by atoms with Gasteiger partial charge in [0.05, 0.1) is 5.69 Å². The molecule has 1 aromatic heterocycles. The van der Waals surface area contributed by atoms with Gasteiger partial charge in [-0.1, -0.05) is 6.07 Å². The van der Waals surface area contributed by atoms with Crippen LogP contribution in [0.5, 0.6) is 0 Å². The zero-order valence-corrected chi connectivity index (χ0v) is 16.9. The van der Waals surface area contributed by atoms with E-state index in [9.17, 15) is 13.6 Å². The van der Waals surface area contributed by atoms with E-state index in [1.165, 1.54) is 23.1 Å². The standard InChI is InChI=1S/C22H23F2N5O/c1-14-6-17(16-4-3-5-28(12-16)15(2)30)8-20(7-14)26-22-25-13-29(27-22)21-10-18(23)9-19(24)11-21/h6-11,13,16H,3-5,12H2,1-2H3,(H,26,27). The molecule has 0 aliphatic carbocycles. The van der Waals surface area contributed by atoms with Crippen LogP contribution in [-0.4, -0.2) is 38.7 Å². The number of aromatic nitrogens is 3. The Morgan fingerprint density at radius 1 is 1.13 bits per heavy atom. The molecule has 1 atom stereocenters. The molecule has 1 saturated heterocycles. The molecule has 4 rings (SSSR count). The minimum Gasteiger partial charge on any atom is -0.342 e. The minimum atomic E-state index is -0.676. The Hall–Kier alpha value is -3.29. The molecule has 1 aliphatic rings. The summed E-state index contributed by atoms with van der Waals surface area (Å²) in [5.74, 6) is -0.640. The van der Waals surface area contributed by atoms with Crippen LogP contribution in [0.25, 0.3) is 5.69 Å². The molecule has 2 aromatic carbocycles. The van der Waals surface area contributed by atoms with Gasteiger partial charge in [0.15, 0.2) is 0 Å². The Morgan fingerprint density at radius 3 is 2.63 bits per heavy atom. The van der Waals surface area contributed by atoms with Crippen LogP contribution in [0.2, 0.25) is 0 Å². The van der Waals surface area contributed by atoms with Crippen molar-refractivity contribution in [3.05, 3.63) is 65.5 Å². The summed E-state index contributed by atoms with van der Waals surface area (Å²) in [5, 5.41) is 7.44. The Labute approximate surface area is 173 Å². The predicted octanol–water partition coefficient (Wildman–Crippen LogP) is 4.32. The van der Waals surface area contributed by atoms with E-state index in [4.69, 9.17) is 0 Å². The van der Waals surface area contributed by atoms with Gasteiger partial charge in [0.1, 0.15) is 18.0 Å². The number of nitrogens with zero attached hydrogens (tertiary/aromatic N) is 4. The highest BCUT2D eigenvalue weighted by atomic mass is 19.1. The van der Waals surface area contributed by atoms with E-state index in [0.717, 1.165) is 48.8 Å². The van der Waals surface area contributed by atoms with Crippen molar-refractivity contribution >= 4 is 17.5 Å². The van der Waals surface area contributed by atoms with Crippen LogP contribution in [-0.2, 0) is 4.79 Å². The topological polar surface area (TPSA) is 63.1 Å². The first-order valence-electron chi connectivity index (χ1n) is 9.89. The van der Waals surface area contributed by atoms with E-state index in [0.29, 0.717) is 5.95 Å². The van der Waals surface area contributed by atoms with Crippen LogP contribution in [0.15, 0.2) is 42.7 Å². The maximum absolute atomic E-state index is 13.5. The Morgan fingerprint density at radius 2 is 1.90 bits per heavy atom. The van der Waals surface area contributed by atoms with Gasteiger partial charge in [0.2, 0.25) is 11.9 Å². The van der Waals surface area contributed by atoms with Crippen molar-refractivity contribution in [1.82, 2.24) is 19.7 Å². The predicted molar refractivity (Wildman–Crippen MR) is 110 cm³/mol. The zero-order valence-electron chi connectivity index (χ0n) is 16.9. The summed E-state index contributed by atoms with van der Waals surface area (Å²) < 4.78 is 28.3. The molecular formula is C22H23F2N5O. The normalized spacial score (nSPS) is 16.5. The van der Waals surface area contributed by atoms with Gasteiger partial charge in [-0.3, -0.25) is 4.79 Å². The maximum atomic E-state index is 13.5. The fourth-order valence-electron chi connectivity index (χ4n) is 3.90. The van der Waals surface area contributed by atoms with Crippen molar-refractivity contribution in [2.24, 2.45) is 0 Å². The molecule has 1 unspecified atom stereocenters. The average molecular weight is 411 g/mol. The number of likely N-dealkylation sites (tertiary alicyclic amines) is 1. The van der Waals surface area contributed by atoms with E-state index in [2.05, 4.69) is 21.5 Å². The fourth-order valence-corrected chi connectivity index (χ4v) is 3.90. The van der Waals surface area contributed by atoms with E-state index in [1.807, 2.05) is 24.0 Å². The van der Waals surface area contributed by atoms with Crippen molar-refractivity contribution in [2.75, 3.05) is 18.4 Å². The van der Waals surface area contributed by atoms with Crippen molar-refractivity contribution in [2.45, 2.75) is 32.6 Å². The molecule has 1 fully saturated rings. The fraction of sp³-hybridized carbons (Fsp3) is 0.318. The van der Waals surface area contributed by atoms with Crippen LogP contribution < -0.4 is 5.32 Å². The number of carbonyl (C=O) groups is 1. The van der Waals surface area contributed by atoms with Gasteiger partial charge in [-0.25, -0.2) is 13.5 Å². The van der Waals surface area contributed by atoms with Gasteiger partial charge in [-0.2, -0.15) is 4.98 Å². The first kappa shape index (κ1) is 20.0. The van der Waals surface area contributed by atoms with Crippen LogP contribution in [0.4, 0.5) is 20.4 Å². The summed E-state index contributed by atoms with van der Waals surface area (Å²) in [6.07, 6.45) is 3.42. The Kier molecular flexibility index (Phi) is 5.48. The quantitative estimate of drug-likeness (QED) is 0.694. The SMILES string of the molecule is CC(=O)N1CCCC(c2cc(C)cc(Nc3ncn(-c4cc(F)cc(F)c4)n3)c2)C1. The molecule has 2 heterocycles. The molecule has 1 amide bonds. The van der Waals surface area contributed by atoms with Crippen LogP contribution >= 0.6 is 0 Å². The molecule has 0 bridgehead atoms. The third kappa shape index (κ3) is 4.48. The minimum absolute atomic E-state index is 0.106. The van der Waals surface area contributed by atoms with Gasteiger partial charge in [-0.15, -0.1) is 5.10 Å². The monoisotopic (exact) mass is 411 g/mol. The van der Waals surface area contributed by atoms with Gasteiger partial charge < -0.3 is 10.2 Å². The number of benzene rings is 2. The van der Waals surface area contributed by atoms with Gasteiger partial charge in [0, 0.05) is 37.7 Å². The summed E-state index contributed by atoms with van der Waals surface area (Å²) in [7, 11) is 0. The first-order chi connectivity index (χ1) is 14.4. The molecule has 156 valence electrons. The number of piperidine rings is 1. The van der Waals surface area contributed by atoms with E-state index in [1.54, 1.807) is 6.92 Å². The van der Waals surface area contributed by atoms with Crippen LogP contribution in [0.3, 0.4) is 0 Å². The molecule has 6 nitrogen and oxygen atoms in total. The summed E-state index contributed by atoms with van der Waals surface area (Å²) in [5.41, 5.74) is 3.33. The lowest BCUT2D eigenvalue weighted by atomic mass is 9.89. The summed E-state index contributed by atoms with van der Waals surface area (Å²) in [6.45, 7) is 5.15. The number of halogens is 2. The highest BCUT2D eigenvalue weighted by Gasteiger charge is 2.23. The smallest absolute Gasteiger partial charge is 0.246 e. The molecular weight excluding hydrogens is 388 g/mol. The summed E-state index contributed by atoms with van der Waals surface area (Å²) >= 11 is 0. The summed E-state index contributed by atoms with van der Waals surface area (Å²) in [6, 6.07) is 9.36. The molecule has 1 N–H and O–H groups in total. The maximum Gasteiger partial charge on any atom is 0.246 e. The van der Waals surface area contributed by atoms with E-state index in [-0.39, 0.29) is 17.5 Å². The number of nitrogens with one attached hydrogen (secondary N) is 1. The molecule has 8 heteroatoms. The van der Waals surface area contributed by atoms with Crippen molar-refractivity contribution in [1.29, 1.82) is 0 Å². The van der Waals surface area contributed by atoms with Crippen molar-refractivity contribution in [3.63, 3.8) is 0 Å². The molecule has 1 aliphatic heterocycles. The van der Waals surface area contributed by atoms with Gasteiger partial charge in [0.25, 0.3) is 0 Å². The number of anilines is 2. The van der Waals surface area contributed by atoms with Crippen LogP contribution in [0.1, 0.15) is 36.8 Å². The second-order valence-electron chi connectivity index (χ2n) is 7.70. The lowest BCUT2D eigenvalue weighted by molar-refractivity contribution is -0.130. The second kappa shape index (κ2) is 8.22. The molecule has 0 saturated carbocycles. The lowest BCUT2D eigenvalue weighted by Crippen LogP contribution is -2.37. The number of carbonyl (C=O) groups excluding carboxylic acids is 1. The second-order valence-corrected chi connectivity index (χ2v) is 7.70. The molecule has 30 heavy (non-hydrogen) atoms. The largest absolute Gasteiger partial charge is 0.342 e. The number of amides is 1. The number of aryl methyl sites for hydroxylation is 1. The van der Waals surface area contributed by atoms with Crippen LogP contribution in [0, 0.1) is 18.6 Å². The van der Waals surface area contributed by atoms with E-state index < -0.39 is 11.6 Å². The first-order valence-corrected chi connectivity index (χ1v) is 9.89. The summed E-state index contributed by atoms with van der Waals surface area (Å²) in [4.78, 5) is 17.9. The average Bonchev–Trinajstić information content (AvgIpc) is 3.15. The van der Waals surface area contributed by atoms with Gasteiger partial charge >= 0.3 is 0 Å². The number of rotatable bonds is 4. The molecule has 3 aromatic rings. The number of hydrogen-bond donors (Lipinski definition) is 1. The van der Waals surface area contributed by atoms with E-state index >= 15 is 0 Å². The van der Waals surface area contributed by atoms with Crippen molar-refractivity contribution in [3.8, 4) is 5.69 Å². The third-order valence-corrected chi connectivity index (χ3v) is 5.30.